The molecule has 27 heavy (non-hydrogen) atoms. The van der Waals surface area contributed by atoms with Crippen LogP contribution in [0.15, 0.2) is 66.2 Å². The Kier molecular flexibility index (Phi) is 5.94. The number of nitrogens with zero attached hydrogens (tertiary/aromatic N) is 2. The molecule has 0 saturated carbocycles. The maximum Gasteiger partial charge on any atom is 0.0883 e. The van der Waals surface area contributed by atoms with Crippen molar-refractivity contribution in [1.29, 1.82) is 0 Å². The molecule has 0 unspecified atom stereocenters. The van der Waals surface area contributed by atoms with Crippen molar-refractivity contribution in [3.8, 4) is 0 Å². The number of halogens is 2. The van der Waals surface area contributed by atoms with Crippen molar-refractivity contribution in [3.63, 3.8) is 0 Å². The number of rotatable bonds is 5. The van der Waals surface area contributed by atoms with Gasteiger partial charge in [0, 0.05) is 39.6 Å². The van der Waals surface area contributed by atoms with E-state index in [-0.39, 0.29) is 0 Å². The van der Waals surface area contributed by atoms with E-state index in [4.69, 9.17) is 33.9 Å². The van der Waals surface area contributed by atoms with Crippen molar-refractivity contribution in [1.82, 2.24) is 4.98 Å². The standard InChI is InChI=1S/C22H19Cl2N3/c1-14-10-11-21(15(2)26-13-16-6-3-4-9-20(16)25)27-22(14)12-17-18(23)7-5-8-19(17)24/h3-11,13H,2,12,25H2,1H3/b26-13-. The average molecular weight is 396 g/mol. The Morgan fingerprint density at radius 3 is 2.48 bits per heavy atom. The number of pyridine rings is 1. The first-order valence-electron chi connectivity index (χ1n) is 8.43. The molecule has 0 spiro atoms. The fraction of sp³-hybridized carbons (Fsp3) is 0.0909. The van der Waals surface area contributed by atoms with Crippen molar-refractivity contribution in [2.45, 2.75) is 13.3 Å². The zero-order valence-electron chi connectivity index (χ0n) is 14.9. The summed E-state index contributed by atoms with van der Waals surface area (Å²) in [4.78, 5) is 9.15. The fourth-order valence-electron chi connectivity index (χ4n) is 2.62. The molecular formula is C22H19Cl2N3. The maximum absolute atomic E-state index is 6.30. The first-order chi connectivity index (χ1) is 13.0. The molecule has 3 nitrogen and oxygen atoms in total. The lowest BCUT2D eigenvalue weighted by Crippen LogP contribution is -2.00. The zero-order chi connectivity index (χ0) is 19.4. The van der Waals surface area contributed by atoms with Crippen molar-refractivity contribution in [2.75, 3.05) is 5.73 Å². The Morgan fingerprint density at radius 2 is 1.78 bits per heavy atom. The average Bonchev–Trinajstić information content (AvgIpc) is 2.65. The topological polar surface area (TPSA) is 51.3 Å². The summed E-state index contributed by atoms with van der Waals surface area (Å²) in [5.74, 6) is 0. The Morgan fingerprint density at radius 1 is 1.07 bits per heavy atom. The summed E-state index contributed by atoms with van der Waals surface area (Å²) in [6, 6.07) is 16.9. The van der Waals surface area contributed by atoms with Crippen molar-refractivity contribution in [3.05, 3.63) is 99.3 Å². The van der Waals surface area contributed by atoms with Crippen molar-refractivity contribution < 1.29 is 0 Å². The van der Waals surface area contributed by atoms with Gasteiger partial charge in [-0.2, -0.15) is 0 Å². The number of hydrogen-bond acceptors (Lipinski definition) is 3. The Hall–Kier alpha value is -2.62. The van der Waals surface area contributed by atoms with Gasteiger partial charge in [-0.3, -0.25) is 9.98 Å². The number of nitrogen functional groups attached to an aromatic ring is 1. The molecule has 2 N–H and O–H groups in total. The Labute approximate surface area is 169 Å². The second-order valence-corrected chi connectivity index (χ2v) is 6.99. The van der Waals surface area contributed by atoms with Crippen LogP contribution >= 0.6 is 23.2 Å². The summed E-state index contributed by atoms with van der Waals surface area (Å²) in [6.07, 6.45) is 2.24. The first kappa shape index (κ1) is 19.2. The van der Waals surface area contributed by atoms with Gasteiger partial charge in [0.05, 0.1) is 11.4 Å². The minimum atomic E-state index is 0.542. The lowest BCUT2D eigenvalue weighted by molar-refractivity contribution is 1.03. The maximum atomic E-state index is 6.30. The van der Waals surface area contributed by atoms with Crippen LogP contribution in [0.3, 0.4) is 0 Å². The van der Waals surface area contributed by atoms with Crippen LogP contribution in [0.5, 0.6) is 0 Å². The third-order valence-electron chi connectivity index (χ3n) is 4.26. The van der Waals surface area contributed by atoms with Crippen molar-refractivity contribution >= 4 is 40.8 Å². The first-order valence-corrected chi connectivity index (χ1v) is 9.18. The number of anilines is 1. The summed E-state index contributed by atoms with van der Waals surface area (Å²) in [5, 5.41) is 1.26. The molecule has 0 aliphatic rings. The predicted octanol–water partition coefficient (Wildman–Crippen LogP) is 5.96. The van der Waals surface area contributed by atoms with E-state index in [0.717, 1.165) is 22.4 Å². The van der Waals surface area contributed by atoms with Crippen molar-refractivity contribution in [2.24, 2.45) is 4.99 Å². The van der Waals surface area contributed by atoms with Gasteiger partial charge in [-0.05, 0) is 42.3 Å². The smallest absolute Gasteiger partial charge is 0.0883 e. The van der Waals surface area contributed by atoms with Gasteiger partial charge in [-0.25, -0.2) is 0 Å². The molecule has 136 valence electrons. The Balaban J connectivity index is 1.87. The summed E-state index contributed by atoms with van der Waals surface area (Å²) in [5.41, 5.74) is 11.5. The molecule has 0 bridgehead atoms. The van der Waals surface area contributed by atoms with Crippen LogP contribution in [0.4, 0.5) is 5.69 Å². The number of aryl methyl sites for hydroxylation is 1. The van der Waals surface area contributed by atoms with E-state index in [1.807, 2.05) is 61.5 Å². The molecule has 0 saturated heterocycles. The number of aromatic nitrogens is 1. The molecule has 1 heterocycles. The number of benzene rings is 2. The second kappa shape index (κ2) is 8.38. The quantitative estimate of drug-likeness (QED) is 0.427. The summed E-state index contributed by atoms with van der Waals surface area (Å²) in [7, 11) is 0. The highest BCUT2D eigenvalue weighted by Crippen LogP contribution is 2.27. The molecule has 3 rings (SSSR count). The zero-order valence-corrected chi connectivity index (χ0v) is 16.4. The van der Waals surface area contributed by atoms with E-state index in [1.54, 1.807) is 6.21 Å². The highest BCUT2D eigenvalue weighted by molar-refractivity contribution is 6.36. The van der Waals surface area contributed by atoms with Crippen LogP contribution in [0.1, 0.15) is 28.1 Å². The second-order valence-electron chi connectivity index (χ2n) is 6.17. The van der Waals surface area contributed by atoms with E-state index in [1.165, 1.54) is 0 Å². The van der Waals surface area contributed by atoms with Gasteiger partial charge < -0.3 is 5.73 Å². The van der Waals surface area contributed by atoms with Gasteiger partial charge in [0.2, 0.25) is 0 Å². The highest BCUT2D eigenvalue weighted by Gasteiger charge is 2.11. The number of aliphatic imine (C=N–C) groups is 1. The predicted molar refractivity (Wildman–Crippen MR) is 116 cm³/mol. The van der Waals surface area contributed by atoms with E-state index >= 15 is 0 Å². The van der Waals surface area contributed by atoms with Gasteiger partial charge in [0.25, 0.3) is 0 Å². The van der Waals surface area contributed by atoms with E-state index in [2.05, 4.69) is 11.6 Å². The Bertz CT molecular complexity index is 1010. The van der Waals surface area contributed by atoms with E-state index < -0.39 is 0 Å². The highest BCUT2D eigenvalue weighted by atomic mass is 35.5. The molecular weight excluding hydrogens is 377 g/mol. The van der Waals surface area contributed by atoms with Gasteiger partial charge >= 0.3 is 0 Å². The van der Waals surface area contributed by atoms with E-state index in [9.17, 15) is 0 Å². The molecule has 0 amide bonds. The monoisotopic (exact) mass is 395 g/mol. The van der Waals surface area contributed by atoms with Crippen LogP contribution < -0.4 is 5.73 Å². The number of nitrogens with two attached hydrogens (primary N) is 1. The molecule has 0 radical (unpaired) electrons. The van der Waals surface area contributed by atoms with Gasteiger partial charge in [0.15, 0.2) is 0 Å². The van der Waals surface area contributed by atoms with Gasteiger partial charge in [0.1, 0.15) is 0 Å². The molecule has 1 aromatic heterocycles. The lowest BCUT2D eigenvalue weighted by atomic mass is 10.0. The fourth-order valence-corrected chi connectivity index (χ4v) is 3.15. The summed E-state index contributed by atoms with van der Waals surface area (Å²) >= 11 is 12.6. The normalized spacial score (nSPS) is 11.1. The summed E-state index contributed by atoms with van der Waals surface area (Å²) in [6.45, 7) is 6.04. The van der Waals surface area contributed by atoms with Crippen LogP contribution in [0.25, 0.3) is 5.70 Å². The SMILES string of the molecule is C=C(/N=C\c1ccccc1N)c1ccc(C)c(Cc2c(Cl)cccc2Cl)n1. The van der Waals surface area contributed by atoms with Gasteiger partial charge in [-0.1, -0.05) is 60.1 Å². The van der Waals surface area contributed by atoms with Crippen LogP contribution in [-0.2, 0) is 6.42 Å². The van der Waals surface area contributed by atoms with E-state index in [0.29, 0.717) is 33.5 Å². The van der Waals surface area contributed by atoms with Gasteiger partial charge in [-0.15, -0.1) is 0 Å². The minimum Gasteiger partial charge on any atom is -0.398 e. The molecule has 2 aromatic carbocycles. The largest absolute Gasteiger partial charge is 0.398 e. The molecule has 0 aliphatic carbocycles. The third kappa shape index (κ3) is 4.57. The summed E-state index contributed by atoms with van der Waals surface area (Å²) < 4.78 is 0. The molecule has 0 atom stereocenters. The third-order valence-corrected chi connectivity index (χ3v) is 4.97. The molecule has 0 aliphatic heterocycles. The number of para-hydroxylation sites is 1. The molecule has 5 heteroatoms. The van der Waals surface area contributed by atoms with Crippen LogP contribution in [0, 0.1) is 6.92 Å². The van der Waals surface area contributed by atoms with Crippen LogP contribution in [0.2, 0.25) is 10.0 Å². The van der Waals surface area contributed by atoms with Crippen LogP contribution in [-0.4, -0.2) is 11.2 Å². The number of hydrogen-bond donors (Lipinski definition) is 1. The molecule has 3 aromatic rings. The molecule has 0 fully saturated rings. The minimum absolute atomic E-state index is 0.542. The lowest BCUT2D eigenvalue weighted by Gasteiger charge is -2.11.